The van der Waals surface area contributed by atoms with Crippen molar-refractivity contribution in [2.24, 2.45) is 0 Å². The maximum absolute atomic E-state index is 12.6. The Morgan fingerprint density at radius 1 is 1.43 bits per heavy atom. The van der Waals surface area contributed by atoms with Crippen LogP contribution in [0.2, 0.25) is 0 Å². The molecule has 154 valence electrons. The van der Waals surface area contributed by atoms with Gasteiger partial charge in [0.2, 0.25) is 5.91 Å². The molecule has 1 fully saturated rings. The van der Waals surface area contributed by atoms with Gasteiger partial charge in [-0.25, -0.2) is 4.79 Å². The van der Waals surface area contributed by atoms with E-state index in [1.54, 1.807) is 18.0 Å². The summed E-state index contributed by atoms with van der Waals surface area (Å²) < 4.78 is 11.0. The van der Waals surface area contributed by atoms with Crippen molar-refractivity contribution in [1.29, 1.82) is 0 Å². The number of carbonyl (C=O) groups excluding carboxylic acids is 2. The highest BCUT2D eigenvalue weighted by Gasteiger charge is 2.35. The molecule has 3 amide bonds. The van der Waals surface area contributed by atoms with E-state index < -0.39 is 6.04 Å². The van der Waals surface area contributed by atoms with Crippen molar-refractivity contribution < 1.29 is 19.1 Å². The highest BCUT2D eigenvalue weighted by Crippen LogP contribution is 2.18. The molecule has 0 spiro atoms. The van der Waals surface area contributed by atoms with E-state index in [0.717, 1.165) is 5.56 Å². The fourth-order valence-electron chi connectivity index (χ4n) is 3.04. The summed E-state index contributed by atoms with van der Waals surface area (Å²) in [6, 6.07) is 6.75. The van der Waals surface area contributed by atoms with Crippen molar-refractivity contribution in [3.63, 3.8) is 0 Å². The van der Waals surface area contributed by atoms with E-state index in [-0.39, 0.29) is 18.0 Å². The van der Waals surface area contributed by atoms with Gasteiger partial charge in [0, 0.05) is 25.8 Å². The summed E-state index contributed by atoms with van der Waals surface area (Å²) in [6.45, 7) is 10.3. The Hall–Kier alpha value is -2.38. The van der Waals surface area contributed by atoms with Crippen LogP contribution in [0.1, 0.15) is 25.8 Å². The number of urea groups is 1. The summed E-state index contributed by atoms with van der Waals surface area (Å²) in [5, 5.41) is 2.86. The van der Waals surface area contributed by atoms with Gasteiger partial charge < -0.3 is 24.6 Å². The Balaban J connectivity index is 1.84. The molecule has 1 saturated heterocycles. The van der Waals surface area contributed by atoms with Crippen LogP contribution in [0.25, 0.3) is 0 Å². The molecule has 1 aromatic rings. The quantitative estimate of drug-likeness (QED) is 0.493. The Kier molecular flexibility index (Phi) is 8.47. The summed E-state index contributed by atoms with van der Waals surface area (Å²) in [5.74, 6) is -0.0386. The van der Waals surface area contributed by atoms with Gasteiger partial charge in [-0.15, -0.1) is 6.58 Å². The Morgan fingerprint density at radius 2 is 2.21 bits per heavy atom. The fraction of sp³-hybridized carbons (Fsp3) is 0.524. The number of ether oxygens (including phenoxy) is 2. The van der Waals surface area contributed by atoms with E-state index in [9.17, 15) is 9.59 Å². The van der Waals surface area contributed by atoms with Gasteiger partial charge >= 0.3 is 6.03 Å². The number of nitrogens with zero attached hydrogens (tertiary/aromatic N) is 2. The van der Waals surface area contributed by atoms with E-state index in [2.05, 4.69) is 11.9 Å². The van der Waals surface area contributed by atoms with Gasteiger partial charge in [-0.3, -0.25) is 4.79 Å². The van der Waals surface area contributed by atoms with Crippen LogP contribution in [-0.2, 0) is 20.9 Å². The number of hydrogen-bond donors (Lipinski definition) is 1. The molecule has 0 radical (unpaired) electrons. The van der Waals surface area contributed by atoms with E-state index in [1.165, 1.54) is 4.90 Å². The van der Waals surface area contributed by atoms with Crippen LogP contribution in [-0.4, -0.2) is 67.2 Å². The average Bonchev–Trinajstić information content (AvgIpc) is 3.02. The Morgan fingerprint density at radius 3 is 2.93 bits per heavy atom. The van der Waals surface area contributed by atoms with Crippen LogP contribution in [0.4, 0.5) is 10.5 Å². The molecule has 0 saturated carbocycles. The van der Waals surface area contributed by atoms with Crippen LogP contribution in [0.5, 0.6) is 0 Å². The van der Waals surface area contributed by atoms with Crippen LogP contribution in [0.15, 0.2) is 36.9 Å². The highest BCUT2D eigenvalue weighted by molar-refractivity contribution is 5.94. The van der Waals surface area contributed by atoms with Crippen molar-refractivity contribution >= 4 is 17.6 Å². The number of hydrogen-bond acceptors (Lipinski definition) is 4. The fourth-order valence-corrected chi connectivity index (χ4v) is 3.04. The predicted octanol–water partition coefficient (Wildman–Crippen LogP) is 2.88. The van der Waals surface area contributed by atoms with Gasteiger partial charge in [0.1, 0.15) is 6.04 Å². The van der Waals surface area contributed by atoms with Gasteiger partial charge in [0.05, 0.1) is 25.9 Å². The first-order valence-electron chi connectivity index (χ1n) is 9.64. The molecule has 1 N–H and O–H groups in total. The van der Waals surface area contributed by atoms with Crippen LogP contribution >= 0.6 is 0 Å². The number of rotatable bonds is 10. The zero-order valence-electron chi connectivity index (χ0n) is 17.0. The lowest BCUT2D eigenvalue weighted by molar-refractivity contribution is -0.130. The minimum atomic E-state index is -0.438. The lowest BCUT2D eigenvalue weighted by atomic mass is 10.2. The molecule has 1 aliphatic heterocycles. The standard InChI is InChI=1S/C21H31N3O4/c1-5-10-24-11-9-19(20(24)25)23(4)21(26)22-18-8-6-7-17(14-18)15-27-12-13-28-16(2)3/h5-8,14,16,19H,1,9-13,15H2,2-4H3,(H,22,26)/t19-/m1/s1. The number of likely N-dealkylation sites (N-methyl/N-ethyl adjacent to an activating group) is 1. The zero-order chi connectivity index (χ0) is 20.5. The minimum Gasteiger partial charge on any atom is -0.376 e. The van der Waals surface area contributed by atoms with Crippen molar-refractivity contribution in [3.05, 3.63) is 42.5 Å². The average molecular weight is 389 g/mol. The van der Waals surface area contributed by atoms with Crippen molar-refractivity contribution in [3.8, 4) is 0 Å². The van der Waals surface area contributed by atoms with E-state index in [4.69, 9.17) is 9.47 Å². The van der Waals surface area contributed by atoms with E-state index in [0.29, 0.717) is 45.0 Å². The molecule has 0 aliphatic carbocycles. The van der Waals surface area contributed by atoms with Crippen LogP contribution in [0, 0.1) is 0 Å². The number of likely N-dealkylation sites (tertiary alicyclic amines) is 1. The second kappa shape index (κ2) is 10.8. The maximum Gasteiger partial charge on any atom is 0.322 e. The van der Waals surface area contributed by atoms with Crippen molar-refractivity contribution in [2.75, 3.05) is 38.7 Å². The summed E-state index contributed by atoms with van der Waals surface area (Å²) >= 11 is 0. The summed E-state index contributed by atoms with van der Waals surface area (Å²) in [5.41, 5.74) is 1.63. The summed E-state index contributed by atoms with van der Waals surface area (Å²) in [6.07, 6.45) is 2.51. The van der Waals surface area contributed by atoms with Gasteiger partial charge in [0.25, 0.3) is 0 Å². The van der Waals surface area contributed by atoms with Crippen LogP contribution < -0.4 is 5.32 Å². The topological polar surface area (TPSA) is 71.1 Å². The maximum atomic E-state index is 12.6. The first kappa shape index (κ1) is 21.9. The molecule has 0 aromatic heterocycles. The molecule has 0 bridgehead atoms. The number of benzene rings is 1. The highest BCUT2D eigenvalue weighted by atomic mass is 16.5. The first-order chi connectivity index (χ1) is 13.4. The third kappa shape index (κ3) is 6.35. The van der Waals surface area contributed by atoms with Gasteiger partial charge in [0.15, 0.2) is 0 Å². The SMILES string of the molecule is C=CCN1CC[C@@H](N(C)C(=O)Nc2cccc(COCCOC(C)C)c2)C1=O. The third-order valence-corrected chi connectivity index (χ3v) is 4.53. The van der Waals surface area contributed by atoms with E-state index in [1.807, 2.05) is 38.1 Å². The predicted molar refractivity (Wildman–Crippen MR) is 109 cm³/mol. The molecule has 1 aromatic carbocycles. The number of nitrogens with one attached hydrogen (secondary N) is 1. The summed E-state index contributed by atoms with van der Waals surface area (Å²) in [7, 11) is 1.65. The lowest BCUT2D eigenvalue weighted by Crippen LogP contribution is -2.44. The zero-order valence-corrected chi connectivity index (χ0v) is 17.0. The Bertz CT molecular complexity index is 677. The normalized spacial score (nSPS) is 16.5. The van der Waals surface area contributed by atoms with Crippen molar-refractivity contribution in [2.45, 2.75) is 39.0 Å². The van der Waals surface area contributed by atoms with Crippen molar-refractivity contribution in [1.82, 2.24) is 9.80 Å². The molecule has 1 atom stereocenters. The third-order valence-electron chi connectivity index (χ3n) is 4.53. The molecule has 1 heterocycles. The molecule has 28 heavy (non-hydrogen) atoms. The lowest BCUT2D eigenvalue weighted by Gasteiger charge is -2.24. The Labute approximate surface area is 167 Å². The number of carbonyl (C=O) groups is 2. The van der Waals surface area contributed by atoms with Gasteiger partial charge in [-0.1, -0.05) is 18.2 Å². The van der Waals surface area contributed by atoms with Gasteiger partial charge in [-0.2, -0.15) is 0 Å². The van der Waals surface area contributed by atoms with Gasteiger partial charge in [-0.05, 0) is 38.0 Å². The molecule has 2 rings (SSSR count). The number of anilines is 1. The molecule has 0 unspecified atom stereocenters. The summed E-state index contributed by atoms with van der Waals surface area (Å²) in [4.78, 5) is 28.1. The molecule has 1 aliphatic rings. The monoisotopic (exact) mass is 389 g/mol. The molecule has 7 heteroatoms. The second-order valence-electron chi connectivity index (χ2n) is 7.09. The smallest absolute Gasteiger partial charge is 0.322 e. The first-order valence-corrected chi connectivity index (χ1v) is 9.64. The number of amides is 3. The molecular formula is C21H31N3O4. The second-order valence-corrected chi connectivity index (χ2v) is 7.09. The molecule has 7 nitrogen and oxygen atoms in total. The largest absolute Gasteiger partial charge is 0.376 e. The molecular weight excluding hydrogens is 358 g/mol. The van der Waals surface area contributed by atoms with E-state index >= 15 is 0 Å². The minimum absolute atomic E-state index is 0.0386. The van der Waals surface area contributed by atoms with Crippen LogP contribution in [0.3, 0.4) is 0 Å².